The summed E-state index contributed by atoms with van der Waals surface area (Å²) < 4.78 is 35.3. The van der Waals surface area contributed by atoms with Gasteiger partial charge in [0.1, 0.15) is 23.8 Å². The Bertz CT molecular complexity index is 1360. The molecule has 3 aromatic carbocycles. The lowest BCUT2D eigenvalue weighted by atomic mass is 9.99. The monoisotopic (exact) mass is 454 g/mol. The molecule has 1 aromatic heterocycles. The molecule has 1 heterocycles. The summed E-state index contributed by atoms with van der Waals surface area (Å²) in [4.78, 5) is 12.8. The van der Waals surface area contributed by atoms with Gasteiger partial charge in [-0.25, -0.2) is 9.18 Å². The fourth-order valence-corrected chi connectivity index (χ4v) is 3.77. The van der Waals surface area contributed by atoms with Crippen molar-refractivity contribution < 1.29 is 23.0 Å². The maximum Gasteiger partial charge on any atom is 0.344 e. The van der Waals surface area contributed by atoms with Crippen LogP contribution in [0.5, 0.6) is 17.2 Å². The average molecular weight is 455 g/mol. The molecule has 0 fully saturated rings. The zero-order chi connectivity index (χ0) is 22.8. The van der Waals surface area contributed by atoms with Crippen molar-refractivity contribution >= 4 is 22.6 Å². The van der Waals surface area contributed by atoms with Gasteiger partial charge in [0, 0.05) is 10.9 Å². The van der Waals surface area contributed by atoms with Gasteiger partial charge in [-0.1, -0.05) is 23.7 Å². The van der Waals surface area contributed by atoms with Gasteiger partial charge < -0.3 is 18.6 Å². The van der Waals surface area contributed by atoms with Crippen LogP contribution < -0.4 is 19.8 Å². The highest BCUT2D eigenvalue weighted by molar-refractivity contribution is 6.31. The zero-order valence-electron chi connectivity index (χ0n) is 17.7. The van der Waals surface area contributed by atoms with Gasteiger partial charge in [0.2, 0.25) is 0 Å². The predicted molar refractivity (Wildman–Crippen MR) is 122 cm³/mol. The molecule has 5 nitrogen and oxygen atoms in total. The van der Waals surface area contributed by atoms with Crippen LogP contribution in [0.1, 0.15) is 11.1 Å². The summed E-state index contributed by atoms with van der Waals surface area (Å²) in [5.74, 6) is 1.23. The quantitative estimate of drug-likeness (QED) is 0.327. The van der Waals surface area contributed by atoms with Crippen LogP contribution in [0.25, 0.3) is 22.1 Å². The van der Waals surface area contributed by atoms with Crippen LogP contribution in [0.3, 0.4) is 0 Å². The minimum Gasteiger partial charge on any atom is -0.493 e. The molecule has 0 aliphatic heterocycles. The molecule has 0 radical (unpaired) electrons. The largest absolute Gasteiger partial charge is 0.493 e. The van der Waals surface area contributed by atoms with E-state index < -0.39 is 11.4 Å². The molecule has 4 aromatic rings. The highest BCUT2D eigenvalue weighted by atomic mass is 35.5. The van der Waals surface area contributed by atoms with Gasteiger partial charge in [0.05, 0.1) is 24.8 Å². The second-order valence-electron chi connectivity index (χ2n) is 7.14. The normalized spacial score (nSPS) is 10.9. The summed E-state index contributed by atoms with van der Waals surface area (Å²) in [7, 11) is 3.09. The molecule has 0 saturated carbocycles. The number of hydrogen-bond acceptors (Lipinski definition) is 5. The van der Waals surface area contributed by atoms with Crippen LogP contribution in [0, 0.1) is 12.7 Å². The number of benzene rings is 3. The van der Waals surface area contributed by atoms with E-state index in [0.717, 1.165) is 10.9 Å². The first-order valence-corrected chi connectivity index (χ1v) is 10.2. The Morgan fingerprint density at radius 3 is 2.47 bits per heavy atom. The Morgan fingerprint density at radius 2 is 1.75 bits per heavy atom. The van der Waals surface area contributed by atoms with Crippen molar-refractivity contribution in [1.29, 1.82) is 0 Å². The second kappa shape index (κ2) is 8.93. The minimum absolute atomic E-state index is 0.170. The van der Waals surface area contributed by atoms with E-state index in [1.54, 1.807) is 49.6 Å². The van der Waals surface area contributed by atoms with Crippen LogP contribution in [0.4, 0.5) is 4.39 Å². The van der Waals surface area contributed by atoms with E-state index in [-0.39, 0.29) is 6.61 Å². The summed E-state index contributed by atoms with van der Waals surface area (Å²) in [6.07, 6.45) is 0. The van der Waals surface area contributed by atoms with E-state index in [0.29, 0.717) is 44.5 Å². The lowest BCUT2D eigenvalue weighted by molar-refractivity contribution is 0.306. The molecule has 0 bridgehead atoms. The SMILES string of the molecule is COc1ccc(-c2c(C)c3cc(OCc4ccc(F)cc4Cl)ccc3oc2=O)cc1OC. The number of fused-ring (bicyclic) bond motifs is 1. The molecule has 0 spiro atoms. The third-order valence-electron chi connectivity index (χ3n) is 5.22. The molecule has 4 rings (SSSR count). The van der Waals surface area contributed by atoms with Crippen LogP contribution >= 0.6 is 11.6 Å². The second-order valence-corrected chi connectivity index (χ2v) is 7.55. The third-order valence-corrected chi connectivity index (χ3v) is 5.57. The fourth-order valence-electron chi connectivity index (χ4n) is 3.55. The molecular formula is C25H20ClFO5. The van der Waals surface area contributed by atoms with Crippen molar-refractivity contribution in [3.8, 4) is 28.4 Å². The van der Waals surface area contributed by atoms with E-state index in [9.17, 15) is 9.18 Å². The smallest absolute Gasteiger partial charge is 0.344 e. The summed E-state index contributed by atoms with van der Waals surface area (Å²) in [6.45, 7) is 2.02. The third kappa shape index (κ3) is 4.14. The number of aryl methyl sites for hydroxylation is 1. The van der Waals surface area contributed by atoms with Gasteiger partial charge in [-0.15, -0.1) is 0 Å². The van der Waals surface area contributed by atoms with Crippen molar-refractivity contribution in [2.45, 2.75) is 13.5 Å². The molecule has 0 unspecified atom stereocenters. The summed E-state index contributed by atoms with van der Waals surface area (Å²) in [6, 6.07) is 14.6. The van der Waals surface area contributed by atoms with Crippen molar-refractivity contribution in [1.82, 2.24) is 0 Å². The lowest BCUT2D eigenvalue weighted by Gasteiger charge is -2.13. The van der Waals surface area contributed by atoms with Gasteiger partial charge in [-0.3, -0.25) is 0 Å². The van der Waals surface area contributed by atoms with Crippen LogP contribution in [0.15, 0.2) is 63.8 Å². The first kappa shape index (κ1) is 21.7. The maximum absolute atomic E-state index is 13.3. The Labute approximate surface area is 188 Å². The predicted octanol–water partition coefficient (Wildman–Crippen LogP) is 6.16. The molecule has 0 aliphatic carbocycles. The standard InChI is InChI=1S/C25H20ClFO5/c1-14-19-12-18(31-13-16-4-6-17(27)11-20(16)26)7-9-21(19)32-25(28)24(14)15-5-8-22(29-2)23(10-15)30-3/h4-12H,13H2,1-3H3. The zero-order valence-corrected chi connectivity index (χ0v) is 18.5. The number of halogens is 2. The molecule has 0 N–H and O–H groups in total. The number of ether oxygens (including phenoxy) is 3. The van der Waals surface area contributed by atoms with Crippen LogP contribution in [0.2, 0.25) is 5.02 Å². The van der Waals surface area contributed by atoms with Gasteiger partial charge in [-0.05, 0) is 60.5 Å². The Morgan fingerprint density at radius 1 is 0.969 bits per heavy atom. The summed E-state index contributed by atoms with van der Waals surface area (Å²) >= 11 is 6.08. The number of rotatable bonds is 6. The maximum atomic E-state index is 13.3. The molecule has 7 heteroatoms. The van der Waals surface area contributed by atoms with Gasteiger partial charge in [0.15, 0.2) is 11.5 Å². The minimum atomic E-state index is -0.450. The lowest BCUT2D eigenvalue weighted by Crippen LogP contribution is -2.06. The van der Waals surface area contributed by atoms with Gasteiger partial charge in [-0.2, -0.15) is 0 Å². The highest BCUT2D eigenvalue weighted by Gasteiger charge is 2.16. The van der Waals surface area contributed by atoms with E-state index in [1.165, 1.54) is 19.2 Å². The van der Waals surface area contributed by atoms with E-state index in [4.69, 9.17) is 30.2 Å². The van der Waals surface area contributed by atoms with Crippen molar-refractivity contribution in [2.75, 3.05) is 14.2 Å². The first-order chi connectivity index (χ1) is 15.4. The van der Waals surface area contributed by atoms with E-state index >= 15 is 0 Å². The Hall–Kier alpha value is -3.51. The first-order valence-electron chi connectivity index (χ1n) is 9.78. The summed E-state index contributed by atoms with van der Waals surface area (Å²) in [5.41, 5.74) is 2.49. The molecular weight excluding hydrogens is 435 g/mol. The van der Waals surface area contributed by atoms with E-state index in [2.05, 4.69) is 0 Å². The topological polar surface area (TPSA) is 57.9 Å². The summed E-state index contributed by atoms with van der Waals surface area (Å²) in [5, 5.41) is 1.03. The van der Waals surface area contributed by atoms with Crippen molar-refractivity contribution in [3.63, 3.8) is 0 Å². The molecule has 0 saturated heterocycles. The average Bonchev–Trinajstić information content (AvgIpc) is 2.78. The highest BCUT2D eigenvalue weighted by Crippen LogP contribution is 2.35. The fraction of sp³-hybridized carbons (Fsp3) is 0.160. The molecule has 0 atom stereocenters. The van der Waals surface area contributed by atoms with Gasteiger partial charge >= 0.3 is 5.63 Å². The molecule has 0 amide bonds. The Kier molecular flexibility index (Phi) is 6.06. The van der Waals surface area contributed by atoms with Crippen molar-refractivity contribution in [2.24, 2.45) is 0 Å². The molecule has 0 aliphatic rings. The Balaban J connectivity index is 1.72. The number of hydrogen-bond donors (Lipinski definition) is 0. The molecule has 164 valence electrons. The van der Waals surface area contributed by atoms with Crippen molar-refractivity contribution in [3.05, 3.63) is 87.0 Å². The van der Waals surface area contributed by atoms with Crippen LogP contribution in [-0.4, -0.2) is 14.2 Å². The van der Waals surface area contributed by atoms with Crippen LogP contribution in [-0.2, 0) is 6.61 Å². The number of methoxy groups -OCH3 is 2. The van der Waals surface area contributed by atoms with E-state index in [1.807, 2.05) is 6.92 Å². The van der Waals surface area contributed by atoms with Gasteiger partial charge in [0.25, 0.3) is 0 Å². The molecule has 32 heavy (non-hydrogen) atoms.